The van der Waals surface area contributed by atoms with Crippen molar-refractivity contribution in [2.45, 2.75) is 13.8 Å². The molecule has 1 N–H and O–H groups in total. The molecular weight excluding hydrogens is 334 g/mol. The Balaban J connectivity index is 2.05. The molecule has 5 heteroatoms. The van der Waals surface area contributed by atoms with Crippen molar-refractivity contribution in [2.24, 2.45) is 11.8 Å². The van der Waals surface area contributed by atoms with Gasteiger partial charge >= 0.3 is 5.97 Å². The fourth-order valence-electron chi connectivity index (χ4n) is 2.50. The third kappa shape index (κ3) is 3.73. The van der Waals surface area contributed by atoms with Crippen molar-refractivity contribution >= 4 is 33.9 Å². The van der Waals surface area contributed by atoms with Crippen LogP contribution in [0.25, 0.3) is 6.08 Å². The molecule has 0 radical (unpaired) electrons. The van der Waals surface area contributed by atoms with Crippen molar-refractivity contribution in [2.75, 3.05) is 13.1 Å². The molecule has 1 amide bonds. The number of carboxylic acid groups (broad SMARTS) is 1. The quantitative estimate of drug-likeness (QED) is 0.851. The minimum Gasteiger partial charge on any atom is -0.481 e. The largest absolute Gasteiger partial charge is 0.481 e. The Morgan fingerprint density at radius 2 is 2.10 bits per heavy atom. The molecule has 1 fully saturated rings. The second-order valence-corrected chi connectivity index (χ2v) is 6.38. The highest BCUT2D eigenvalue weighted by Crippen LogP contribution is 2.24. The summed E-state index contributed by atoms with van der Waals surface area (Å²) in [6, 6.07) is 5.91. The van der Waals surface area contributed by atoms with Crippen molar-refractivity contribution in [3.05, 3.63) is 39.9 Å². The Kier molecular flexibility index (Phi) is 4.83. The number of hydrogen-bond acceptors (Lipinski definition) is 2. The summed E-state index contributed by atoms with van der Waals surface area (Å²) in [6.45, 7) is 4.65. The van der Waals surface area contributed by atoms with Crippen molar-refractivity contribution < 1.29 is 14.7 Å². The summed E-state index contributed by atoms with van der Waals surface area (Å²) in [5.41, 5.74) is 2.07. The Bertz CT molecular complexity index is 597. The predicted octanol–water partition coefficient (Wildman–Crippen LogP) is 2.95. The molecule has 1 saturated heterocycles. The van der Waals surface area contributed by atoms with Gasteiger partial charge in [0.15, 0.2) is 0 Å². The summed E-state index contributed by atoms with van der Waals surface area (Å²) >= 11 is 3.47. The normalized spacial score (nSPS) is 22.0. The number of nitrogens with zero attached hydrogens (tertiary/aromatic N) is 1. The molecule has 1 aromatic carbocycles. The summed E-state index contributed by atoms with van der Waals surface area (Å²) in [4.78, 5) is 24.8. The van der Waals surface area contributed by atoms with Crippen LogP contribution in [0.4, 0.5) is 0 Å². The zero-order valence-corrected chi connectivity index (χ0v) is 13.6. The van der Waals surface area contributed by atoms with Gasteiger partial charge in [-0.2, -0.15) is 0 Å². The number of halogens is 1. The summed E-state index contributed by atoms with van der Waals surface area (Å²) in [5, 5.41) is 9.09. The number of aliphatic carboxylic acids is 1. The number of rotatable bonds is 3. The van der Waals surface area contributed by atoms with Crippen molar-refractivity contribution in [1.82, 2.24) is 4.90 Å². The standard InChI is InChI=1S/C16H18BrNO3/c1-10-3-4-12(14(17)7-10)5-6-15(19)18-8-11(2)13(9-18)16(20)21/h3-7,11,13H,8-9H2,1-2H3,(H,20,21)/b6-5+/t11-,13-/m1/s1. The van der Waals surface area contributed by atoms with Gasteiger partial charge in [0, 0.05) is 23.6 Å². The zero-order chi connectivity index (χ0) is 15.6. The number of carboxylic acids is 1. The van der Waals surface area contributed by atoms with Crippen LogP contribution in [-0.4, -0.2) is 35.0 Å². The van der Waals surface area contributed by atoms with E-state index in [0.29, 0.717) is 6.54 Å². The maximum atomic E-state index is 12.1. The van der Waals surface area contributed by atoms with Gasteiger partial charge < -0.3 is 10.0 Å². The van der Waals surface area contributed by atoms with Crippen LogP contribution in [0.2, 0.25) is 0 Å². The predicted molar refractivity (Wildman–Crippen MR) is 84.8 cm³/mol. The Hall–Kier alpha value is -1.62. The second-order valence-electron chi connectivity index (χ2n) is 5.52. The highest BCUT2D eigenvalue weighted by molar-refractivity contribution is 9.10. The van der Waals surface area contributed by atoms with Gasteiger partial charge in [0.1, 0.15) is 0 Å². The SMILES string of the molecule is Cc1ccc(/C=C/C(=O)N2C[C@@H](C)[C@H](C(=O)O)C2)c(Br)c1. The topological polar surface area (TPSA) is 57.6 Å². The van der Waals surface area contributed by atoms with Gasteiger partial charge in [-0.15, -0.1) is 0 Å². The van der Waals surface area contributed by atoms with Crippen LogP contribution in [0.5, 0.6) is 0 Å². The molecule has 0 aliphatic carbocycles. The van der Waals surface area contributed by atoms with E-state index in [9.17, 15) is 9.59 Å². The number of likely N-dealkylation sites (tertiary alicyclic amines) is 1. The third-order valence-electron chi connectivity index (χ3n) is 3.80. The zero-order valence-electron chi connectivity index (χ0n) is 12.0. The maximum Gasteiger partial charge on any atom is 0.308 e. The molecule has 21 heavy (non-hydrogen) atoms. The Labute approximate surface area is 132 Å². The van der Waals surface area contributed by atoms with Gasteiger partial charge in [0.2, 0.25) is 5.91 Å². The number of carbonyl (C=O) groups is 2. The fraction of sp³-hybridized carbons (Fsp3) is 0.375. The third-order valence-corrected chi connectivity index (χ3v) is 4.49. The molecule has 1 heterocycles. The lowest BCUT2D eigenvalue weighted by Gasteiger charge is -2.13. The van der Waals surface area contributed by atoms with E-state index in [0.717, 1.165) is 15.6 Å². The average molecular weight is 352 g/mol. The molecule has 0 spiro atoms. The summed E-state index contributed by atoms with van der Waals surface area (Å²) < 4.78 is 0.935. The van der Waals surface area contributed by atoms with Gasteiger partial charge in [0.25, 0.3) is 0 Å². The molecule has 4 nitrogen and oxygen atoms in total. The van der Waals surface area contributed by atoms with E-state index in [4.69, 9.17) is 5.11 Å². The fourth-order valence-corrected chi connectivity index (χ4v) is 3.13. The van der Waals surface area contributed by atoms with Gasteiger partial charge in [-0.3, -0.25) is 9.59 Å². The number of hydrogen-bond donors (Lipinski definition) is 1. The highest BCUT2D eigenvalue weighted by Gasteiger charge is 2.36. The van der Waals surface area contributed by atoms with Crippen LogP contribution in [0, 0.1) is 18.8 Å². The van der Waals surface area contributed by atoms with Crippen molar-refractivity contribution in [3.63, 3.8) is 0 Å². The van der Waals surface area contributed by atoms with Crippen LogP contribution >= 0.6 is 15.9 Å². The molecule has 1 aliphatic heterocycles. The van der Waals surface area contributed by atoms with Crippen LogP contribution in [-0.2, 0) is 9.59 Å². The second kappa shape index (κ2) is 6.43. The van der Waals surface area contributed by atoms with E-state index in [1.807, 2.05) is 32.0 Å². The van der Waals surface area contributed by atoms with Gasteiger partial charge in [-0.25, -0.2) is 0 Å². The molecular formula is C16H18BrNO3. The van der Waals surface area contributed by atoms with E-state index in [2.05, 4.69) is 15.9 Å². The lowest BCUT2D eigenvalue weighted by molar-refractivity contribution is -0.142. The van der Waals surface area contributed by atoms with Crippen LogP contribution in [0.3, 0.4) is 0 Å². The van der Waals surface area contributed by atoms with Crippen LogP contribution in [0.15, 0.2) is 28.7 Å². The van der Waals surface area contributed by atoms with Gasteiger partial charge in [0.05, 0.1) is 5.92 Å². The minimum absolute atomic E-state index is 0.00837. The van der Waals surface area contributed by atoms with E-state index in [1.165, 1.54) is 6.08 Å². The first-order chi connectivity index (χ1) is 9.88. The number of carbonyl (C=O) groups excluding carboxylic acids is 1. The molecule has 1 aromatic rings. The molecule has 2 rings (SSSR count). The van der Waals surface area contributed by atoms with Crippen molar-refractivity contribution in [1.29, 1.82) is 0 Å². The number of aryl methyl sites for hydroxylation is 1. The average Bonchev–Trinajstić information content (AvgIpc) is 2.80. The summed E-state index contributed by atoms with van der Waals surface area (Å²) in [7, 11) is 0. The minimum atomic E-state index is -0.831. The maximum absolute atomic E-state index is 12.1. The molecule has 0 saturated carbocycles. The molecule has 112 valence electrons. The molecule has 0 unspecified atom stereocenters. The Morgan fingerprint density at radius 3 is 2.67 bits per heavy atom. The smallest absolute Gasteiger partial charge is 0.308 e. The van der Waals surface area contributed by atoms with Gasteiger partial charge in [-0.1, -0.05) is 35.0 Å². The highest BCUT2D eigenvalue weighted by atomic mass is 79.9. The summed E-state index contributed by atoms with van der Waals surface area (Å²) in [6.07, 6.45) is 3.26. The van der Waals surface area contributed by atoms with E-state index >= 15 is 0 Å². The van der Waals surface area contributed by atoms with E-state index < -0.39 is 11.9 Å². The Morgan fingerprint density at radius 1 is 1.38 bits per heavy atom. The number of amides is 1. The van der Waals surface area contributed by atoms with Crippen LogP contribution < -0.4 is 0 Å². The van der Waals surface area contributed by atoms with Crippen LogP contribution in [0.1, 0.15) is 18.1 Å². The first-order valence-corrected chi connectivity index (χ1v) is 7.63. The van der Waals surface area contributed by atoms with Gasteiger partial charge in [-0.05, 0) is 36.1 Å². The molecule has 0 bridgehead atoms. The lowest BCUT2D eigenvalue weighted by Crippen LogP contribution is -2.28. The summed E-state index contributed by atoms with van der Waals surface area (Å²) in [5.74, 6) is -1.44. The monoisotopic (exact) mass is 351 g/mol. The first-order valence-electron chi connectivity index (χ1n) is 6.84. The lowest BCUT2D eigenvalue weighted by atomic mass is 9.99. The first kappa shape index (κ1) is 15.8. The molecule has 2 atom stereocenters. The molecule has 1 aliphatic rings. The van der Waals surface area contributed by atoms with E-state index in [1.54, 1.807) is 11.0 Å². The van der Waals surface area contributed by atoms with Crippen molar-refractivity contribution in [3.8, 4) is 0 Å². The van der Waals surface area contributed by atoms with E-state index in [-0.39, 0.29) is 18.4 Å². The number of benzene rings is 1. The molecule has 0 aromatic heterocycles.